The maximum Gasteiger partial charge on any atom is 1.00 e. The Balaban J connectivity index is -0.00000650. The molecular formula is C40H54Na4O8P2. The van der Waals surface area contributed by atoms with Crippen LogP contribution in [0.15, 0.2) is 130 Å². The Kier molecular flexibility index (Phi) is 30.1. The van der Waals surface area contributed by atoms with Crippen LogP contribution >= 0.6 is 15.6 Å². The smallest absolute Gasteiger partial charge is 0.790 e. The van der Waals surface area contributed by atoms with Gasteiger partial charge in [-0.2, -0.15) is 0 Å². The van der Waals surface area contributed by atoms with E-state index in [-0.39, 0.29) is 135 Å². The summed E-state index contributed by atoms with van der Waals surface area (Å²) >= 11 is 0. The third-order valence-corrected chi connectivity index (χ3v) is 9.93. The Morgan fingerprint density at radius 2 is 1.13 bits per heavy atom. The van der Waals surface area contributed by atoms with E-state index in [0.29, 0.717) is 19.3 Å². The van der Waals surface area contributed by atoms with Crippen molar-refractivity contribution in [1.82, 2.24) is 0 Å². The fourth-order valence-corrected chi connectivity index (χ4v) is 7.55. The topological polar surface area (TPSA) is 145 Å². The molecule has 276 valence electrons. The first-order valence-corrected chi connectivity index (χ1v) is 19.8. The van der Waals surface area contributed by atoms with Gasteiger partial charge in [0.15, 0.2) is 0 Å². The van der Waals surface area contributed by atoms with Crippen LogP contribution in [0.25, 0.3) is 0 Å². The first kappa shape index (κ1) is 59.7. The predicted molar refractivity (Wildman–Crippen MR) is 197 cm³/mol. The van der Waals surface area contributed by atoms with Crippen LogP contribution in [-0.2, 0) is 18.2 Å². The average molecular weight is 817 g/mol. The molecule has 0 aromatic heterocycles. The maximum absolute atomic E-state index is 11.1. The van der Waals surface area contributed by atoms with E-state index in [0.717, 1.165) is 39.0 Å². The minimum Gasteiger partial charge on any atom is -0.790 e. The molecular weight excluding hydrogens is 762 g/mol. The second-order valence-corrected chi connectivity index (χ2v) is 17.0. The summed E-state index contributed by atoms with van der Waals surface area (Å²) in [5, 5.41) is 0. The summed E-state index contributed by atoms with van der Waals surface area (Å²) in [6, 6.07) is 0. The second kappa shape index (κ2) is 27.3. The van der Waals surface area contributed by atoms with E-state index in [9.17, 15) is 28.7 Å². The van der Waals surface area contributed by atoms with E-state index in [1.165, 1.54) is 0 Å². The van der Waals surface area contributed by atoms with Crippen LogP contribution < -0.4 is 138 Å². The molecule has 0 N–H and O–H groups in total. The molecule has 0 spiro atoms. The summed E-state index contributed by atoms with van der Waals surface area (Å²) in [5.74, 6) is 0.0958. The van der Waals surface area contributed by atoms with E-state index in [4.69, 9.17) is 9.05 Å². The van der Waals surface area contributed by atoms with E-state index < -0.39 is 27.9 Å². The quantitative estimate of drug-likeness (QED) is 0.0751. The minimum absolute atomic E-state index is 0. The number of phosphoric acid groups is 2. The summed E-state index contributed by atoms with van der Waals surface area (Å²) in [7, 11) is -10.1. The Morgan fingerprint density at radius 3 is 1.57 bits per heavy atom. The van der Waals surface area contributed by atoms with E-state index >= 15 is 0 Å². The molecule has 3 atom stereocenters. The molecule has 0 amide bonds. The van der Waals surface area contributed by atoms with Gasteiger partial charge >= 0.3 is 118 Å². The molecule has 0 aromatic carbocycles. The van der Waals surface area contributed by atoms with Gasteiger partial charge in [-0.25, -0.2) is 0 Å². The maximum atomic E-state index is 11.1. The van der Waals surface area contributed by atoms with Crippen LogP contribution in [0.5, 0.6) is 0 Å². The van der Waals surface area contributed by atoms with Crippen LogP contribution in [0.1, 0.15) is 88.5 Å². The summed E-state index contributed by atoms with van der Waals surface area (Å²) < 4.78 is 31.7. The third kappa shape index (κ3) is 23.8. The Labute approximate surface area is 414 Å². The van der Waals surface area contributed by atoms with Crippen molar-refractivity contribution in [3.63, 3.8) is 0 Å². The number of hydrogen-bond acceptors (Lipinski definition) is 8. The zero-order valence-corrected chi connectivity index (χ0v) is 45.0. The average Bonchev–Trinajstić information content (AvgIpc) is 2.91. The third-order valence-electron chi connectivity index (χ3n) is 8.84. The molecule has 0 saturated heterocycles. The van der Waals surface area contributed by atoms with Gasteiger partial charge < -0.3 is 37.8 Å². The number of allylic oxidation sites excluding steroid dienone is 20. The van der Waals surface area contributed by atoms with Gasteiger partial charge in [0.25, 0.3) is 0 Å². The molecule has 0 fully saturated rings. The van der Waals surface area contributed by atoms with Gasteiger partial charge in [-0.15, -0.1) is 0 Å². The first-order chi connectivity index (χ1) is 23.0. The van der Waals surface area contributed by atoms with Gasteiger partial charge in [0.2, 0.25) is 0 Å². The van der Waals surface area contributed by atoms with Crippen molar-refractivity contribution >= 4 is 15.6 Å². The Hall–Kier alpha value is 1.36. The molecule has 0 saturated carbocycles. The van der Waals surface area contributed by atoms with Crippen LogP contribution in [0.4, 0.5) is 0 Å². The van der Waals surface area contributed by atoms with Gasteiger partial charge in [-0.3, -0.25) is 0 Å². The van der Waals surface area contributed by atoms with Gasteiger partial charge in [0, 0.05) is 5.92 Å². The fraction of sp³-hybridized carbons (Fsp3) is 0.450. The molecule has 0 heterocycles. The Morgan fingerprint density at radius 1 is 0.685 bits per heavy atom. The molecule has 0 bridgehead atoms. The molecule has 0 aliphatic heterocycles. The summed E-state index contributed by atoms with van der Waals surface area (Å²) in [6.45, 7) is 20.2. The standard InChI is InChI=1S/C40H58O8P2.4Na/c1-29(17-13-19-31(3)21-23-37-33(5)25-35(27-39(37,7)8)47-49(41,42)43)15-11-12-16-30(2)18-14-20-32(4)22-24-38-34(6)26-36(28-40(38,9)10)48-50(44,45)46;;;;/h11-25,35-37H,26-28H2,1-10H3,(H2,41,42,43)(H2,44,45,46);;;;/q;4*+1/p-4/b12-11+,17-13+,18-14+,23-21+,24-22+,29-15+,30-16+,31-19+,32-20+;;;;. The fourth-order valence-electron chi connectivity index (χ4n) is 6.57. The van der Waals surface area contributed by atoms with Crippen molar-refractivity contribution in [3.05, 3.63) is 130 Å². The number of hydrogen-bond donors (Lipinski definition) is 0. The molecule has 2 aliphatic rings. The molecule has 3 unspecified atom stereocenters. The van der Waals surface area contributed by atoms with E-state index in [1.54, 1.807) is 6.08 Å². The molecule has 2 rings (SSSR count). The van der Waals surface area contributed by atoms with Crippen LogP contribution in [0.2, 0.25) is 0 Å². The van der Waals surface area contributed by atoms with Crippen molar-refractivity contribution in [1.29, 1.82) is 0 Å². The molecule has 2 aliphatic carbocycles. The van der Waals surface area contributed by atoms with Crippen LogP contribution in [0.3, 0.4) is 0 Å². The van der Waals surface area contributed by atoms with Gasteiger partial charge in [0.05, 0.1) is 27.9 Å². The van der Waals surface area contributed by atoms with E-state index in [1.807, 2.05) is 136 Å². The van der Waals surface area contributed by atoms with Crippen molar-refractivity contribution < 1.29 is 156 Å². The zero-order valence-electron chi connectivity index (χ0n) is 35.2. The minimum atomic E-state index is -5.04. The second-order valence-electron chi connectivity index (χ2n) is 14.8. The predicted octanol–water partition coefficient (Wildman–Crippen LogP) is -3.87. The molecule has 0 aromatic rings. The van der Waals surface area contributed by atoms with Crippen molar-refractivity contribution in [3.8, 4) is 0 Å². The monoisotopic (exact) mass is 816 g/mol. The number of rotatable bonds is 14. The summed E-state index contributed by atoms with van der Waals surface area (Å²) in [5.41, 5.74) is 6.87. The summed E-state index contributed by atoms with van der Waals surface area (Å²) in [6.07, 6.45) is 30.2. The number of phosphoric ester groups is 2. The SMILES string of the molecule is CC1=CC(OP(=O)([O-])[O-])CC(C)(C)C1/C=C/C(C)=C/C=C/C(C)=C/C=C/C=C(C)/C=C/C=C(C)/C=C/C1=C(C)CC(OP(=O)([O-])[O-])CC1(C)C.[Na+].[Na+].[Na+].[Na+]. The largest absolute Gasteiger partial charge is 1.00 e. The summed E-state index contributed by atoms with van der Waals surface area (Å²) in [4.78, 5) is 44.3. The molecule has 54 heavy (non-hydrogen) atoms. The van der Waals surface area contributed by atoms with Crippen molar-refractivity contribution in [2.45, 2.75) is 101 Å². The van der Waals surface area contributed by atoms with Gasteiger partial charge in [0.1, 0.15) is 0 Å². The normalized spacial score (nSPS) is 23.1. The molecule has 14 heteroatoms. The molecule has 8 nitrogen and oxygen atoms in total. The Bertz CT molecular complexity index is 1660. The first-order valence-electron chi connectivity index (χ1n) is 16.8. The van der Waals surface area contributed by atoms with Crippen LogP contribution in [-0.4, -0.2) is 12.2 Å². The van der Waals surface area contributed by atoms with Gasteiger partial charge in [-0.05, 0) is 77.2 Å². The molecule has 0 radical (unpaired) electrons. The van der Waals surface area contributed by atoms with E-state index in [2.05, 4.69) is 18.2 Å². The van der Waals surface area contributed by atoms with Gasteiger partial charge in [-0.1, -0.05) is 152 Å². The zero-order chi connectivity index (χ0) is 37.9. The van der Waals surface area contributed by atoms with Crippen molar-refractivity contribution in [2.24, 2.45) is 16.7 Å². The van der Waals surface area contributed by atoms with Crippen molar-refractivity contribution in [2.75, 3.05) is 0 Å². The van der Waals surface area contributed by atoms with Crippen LogP contribution in [0, 0.1) is 16.7 Å².